The Balaban J connectivity index is 1.26. The first kappa shape index (κ1) is 14.8. The predicted molar refractivity (Wildman–Crippen MR) is 93.4 cm³/mol. The number of hydrogen-bond acceptors (Lipinski definition) is 6. The van der Waals surface area contributed by atoms with Gasteiger partial charge < -0.3 is 9.47 Å². The number of aromatic nitrogens is 6. The van der Waals surface area contributed by atoms with Crippen molar-refractivity contribution < 1.29 is 0 Å². The number of imidazole rings is 1. The SMILES string of the molecule is CN(Cc1cn(C)cn1)C1CN(c2ccc3nnc(C4CC4)n3n2)C1. The number of nitrogens with zero attached hydrogens (tertiary/aromatic N) is 8. The van der Waals surface area contributed by atoms with Crippen LogP contribution in [-0.2, 0) is 13.6 Å². The molecule has 0 N–H and O–H groups in total. The molecule has 3 aromatic rings. The maximum atomic E-state index is 4.78. The molecule has 1 saturated carbocycles. The number of rotatable bonds is 5. The van der Waals surface area contributed by atoms with Gasteiger partial charge in [-0.15, -0.1) is 15.3 Å². The quantitative estimate of drug-likeness (QED) is 0.693. The first-order chi connectivity index (χ1) is 12.2. The molecule has 3 aromatic heterocycles. The fourth-order valence-corrected chi connectivity index (χ4v) is 3.41. The molecule has 1 aliphatic heterocycles. The fourth-order valence-electron chi connectivity index (χ4n) is 3.41. The molecule has 130 valence electrons. The van der Waals surface area contributed by atoms with Crippen LogP contribution in [0.25, 0.3) is 5.65 Å². The van der Waals surface area contributed by atoms with E-state index in [9.17, 15) is 0 Å². The first-order valence-corrected chi connectivity index (χ1v) is 8.82. The van der Waals surface area contributed by atoms with Crippen LogP contribution in [-0.4, -0.2) is 60.4 Å². The summed E-state index contributed by atoms with van der Waals surface area (Å²) >= 11 is 0. The molecule has 0 aromatic carbocycles. The second-order valence-corrected chi connectivity index (χ2v) is 7.30. The van der Waals surface area contributed by atoms with Crippen molar-refractivity contribution in [3.8, 4) is 0 Å². The monoisotopic (exact) mass is 338 g/mol. The number of likely N-dealkylation sites (N-methyl/N-ethyl adjacent to an activating group) is 1. The largest absolute Gasteiger partial charge is 0.352 e. The Hall–Kier alpha value is -2.48. The van der Waals surface area contributed by atoms with Crippen molar-refractivity contribution in [1.29, 1.82) is 0 Å². The average Bonchev–Trinajstić information content (AvgIpc) is 3.18. The molecule has 25 heavy (non-hydrogen) atoms. The lowest BCUT2D eigenvalue weighted by molar-refractivity contribution is 0.194. The average molecular weight is 338 g/mol. The fraction of sp³-hybridized carbons (Fsp3) is 0.529. The molecule has 2 fully saturated rings. The molecular formula is C17H22N8. The van der Waals surface area contributed by atoms with Crippen LogP contribution in [0.15, 0.2) is 24.7 Å². The summed E-state index contributed by atoms with van der Waals surface area (Å²) in [7, 11) is 4.17. The van der Waals surface area contributed by atoms with Crippen LogP contribution in [0.4, 0.5) is 5.82 Å². The van der Waals surface area contributed by atoms with E-state index in [4.69, 9.17) is 5.10 Å². The molecule has 8 nitrogen and oxygen atoms in total. The van der Waals surface area contributed by atoms with E-state index < -0.39 is 0 Å². The highest BCUT2D eigenvalue weighted by atomic mass is 15.4. The molecule has 8 heteroatoms. The molecular weight excluding hydrogens is 316 g/mol. The molecule has 0 amide bonds. The number of fused-ring (bicyclic) bond motifs is 1. The Morgan fingerprint density at radius 2 is 2.04 bits per heavy atom. The van der Waals surface area contributed by atoms with Gasteiger partial charge in [-0.1, -0.05) is 0 Å². The Morgan fingerprint density at radius 3 is 2.76 bits per heavy atom. The molecule has 5 rings (SSSR count). The summed E-state index contributed by atoms with van der Waals surface area (Å²) < 4.78 is 3.92. The van der Waals surface area contributed by atoms with Gasteiger partial charge in [0.1, 0.15) is 5.82 Å². The van der Waals surface area contributed by atoms with Crippen LogP contribution in [0.5, 0.6) is 0 Å². The Morgan fingerprint density at radius 1 is 1.20 bits per heavy atom. The van der Waals surface area contributed by atoms with Gasteiger partial charge in [0.25, 0.3) is 0 Å². The molecule has 4 heterocycles. The lowest BCUT2D eigenvalue weighted by Gasteiger charge is -2.44. The van der Waals surface area contributed by atoms with E-state index in [-0.39, 0.29) is 0 Å². The van der Waals surface area contributed by atoms with Gasteiger partial charge in [-0.2, -0.15) is 4.52 Å². The number of anilines is 1. The molecule has 0 bridgehead atoms. The van der Waals surface area contributed by atoms with Gasteiger partial charge in [-0.25, -0.2) is 4.98 Å². The van der Waals surface area contributed by atoms with Crippen LogP contribution in [0, 0.1) is 0 Å². The molecule has 2 aliphatic rings. The van der Waals surface area contributed by atoms with Gasteiger partial charge in [0.2, 0.25) is 0 Å². The van der Waals surface area contributed by atoms with Gasteiger partial charge in [-0.05, 0) is 32.0 Å². The summed E-state index contributed by atoms with van der Waals surface area (Å²) in [5, 5.41) is 13.3. The highest BCUT2D eigenvalue weighted by molar-refractivity contribution is 5.48. The third kappa shape index (κ3) is 2.66. The van der Waals surface area contributed by atoms with Crippen LogP contribution in [0.3, 0.4) is 0 Å². The molecule has 1 aliphatic carbocycles. The summed E-state index contributed by atoms with van der Waals surface area (Å²) in [5.41, 5.74) is 1.96. The van der Waals surface area contributed by atoms with Crippen LogP contribution < -0.4 is 4.90 Å². The summed E-state index contributed by atoms with van der Waals surface area (Å²) in [5.74, 6) is 2.57. The Kier molecular flexibility index (Phi) is 3.27. The van der Waals surface area contributed by atoms with Crippen molar-refractivity contribution in [3.05, 3.63) is 36.2 Å². The van der Waals surface area contributed by atoms with E-state index in [2.05, 4.69) is 44.3 Å². The maximum Gasteiger partial charge on any atom is 0.178 e. The van der Waals surface area contributed by atoms with Crippen molar-refractivity contribution in [2.24, 2.45) is 7.05 Å². The van der Waals surface area contributed by atoms with Crippen LogP contribution in [0.2, 0.25) is 0 Å². The minimum absolute atomic E-state index is 0.531. The topological polar surface area (TPSA) is 67.4 Å². The maximum absolute atomic E-state index is 4.78. The normalized spacial score (nSPS) is 18.3. The third-order valence-electron chi connectivity index (χ3n) is 5.19. The van der Waals surface area contributed by atoms with E-state index in [1.54, 1.807) is 0 Å². The zero-order valence-electron chi connectivity index (χ0n) is 14.6. The van der Waals surface area contributed by atoms with Gasteiger partial charge in [-0.3, -0.25) is 4.90 Å². The number of aryl methyl sites for hydroxylation is 1. The molecule has 1 saturated heterocycles. The second kappa shape index (κ2) is 5.52. The lowest BCUT2D eigenvalue weighted by Crippen LogP contribution is -2.58. The van der Waals surface area contributed by atoms with E-state index in [1.807, 2.05) is 28.5 Å². The molecule has 0 spiro atoms. The van der Waals surface area contributed by atoms with Crippen LogP contribution >= 0.6 is 0 Å². The van der Waals surface area contributed by atoms with Crippen LogP contribution in [0.1, 0.15) is 30.3 Å². The van der Waals surface area contributed by atoms with Gasteiger partial charge in [0, 0.05) is 44.8 Å². The minimum Gasteiger partial charge on any atom is -0.352 e. The van der Waals surface area contributed by atoms with Gasteiger partial charge in [0.05, 0.1) is 12.0 Å². The van der Waals surface area contributed by atoms with E-state index in [0.29, 0.717) is 12.0 Å². The highest BCUT2D eigenvalue weighted by Crippen LogP contribution is 2.38. The Labute approximate surface area is 146 Å². The molecule has 0 atom stereocenters. The highest BCUT2D eigenvalue weighted by Gasteiger charge is 2.33. The molecule has 0 unspecified atom stereocenters. The standard InChI is InChI=1S/C17H22N8/c1-22-7-13(18-11-22)8-23(2)14-9-24(10-14)16-6-5-15-19-20-17(12-3-4-12)25(15)21-16/h5-7,11-12,14H,3-4,8-10H2,1-2H3. The Bertz CT molecular complexity index is 902. The van der Waals surface area contributed by atoms with Crippen molar-refractivity contribution in [3.63, 3.8) is 0 Å². The van der Waals surface area contributed by atoms with Gasteiger partial charge >= 0.3 is 0 Å². The molecule has 0 radical (unpaired) electrons. The smallest absolute Gasteiger partial charge is 0.178 e. The summed E-state index contributed by atoms with van der Waals surface area (Å²) in [6, 6.07) is 4.60. The van der Waals surface area contributed by atoms with E-state index in [0.717, 1.165) is 42.6 Å². The summed E-state index contributed by atoms with van der Waals surface area (Å²) in [4.78, 5) is 9.09. The minimum atomic E-state index is 0.531. The lowest BCUT2D eigenvalue weighted by atomic mass is 10.1. The van der Waals surface area contributed by atoms with Crippen molar-refractivity contribution in [2.45, 2.75) is 31.3 Å². The van der Waals surface area contributed by atoms with Crippen molar-refractivity contribution >= 4 is 11.5 Å². The summed E-state index contributed by atoms with van der Waals surface area (Å²) in [6.45, 7) is 2.86. The third-order valence-corrected chi connectivity index (χ3v) is 5.19. The zero-order chi connectivity index (χ0) is 17.0. The zero-order valence-corrected chi connectivity index (χ0v) is 14.6. The van der Waals surface area contributed by atoms with Crippen molar-refractivity contribution in [1.82, 2.24) is 34.3 Å². The van der Waals surface area contributed by atoms with E-state index >= 15 is 0 Å². The second-order valence-electron chi connectivity index (χ2n) is 7.30. The summed E-state index contributed by atoms with van der Waals surface area (Å²) in [6.07, 6.45) is 6.34. The van der Waals surface area contributed by atoms with E-state index in [1.165, 1.54) is 12.8 Å². The number of hydrogen-bond donors (Lipinski definition) is 0. The predicted octanol–water partition coefficient (Wildman–Crippen LogP) is 1.06. The van der Waals surface area contributed by atoms with Gasteiger partial charge in [0.15, 0.2) is 11.5 Å². The first-order valence-electron chi connectivity index (χ1n) is 8.82. The van der Waals surface area contributed by atoms with Crippen molar-refractivity contribution in [2.75, 3.05) is 25.0 Å².